The summed E-state index contributed by atoms with van der Waals surface area (Å²) < 4.78 is 3.93. The number of carbonyl (C=O) groups excluding carboxylic acids is 1. The van der Waals surface area contributed by atoms with Crippen molar-refractivity contribution >= 4 is 26.8 Å². The molecule has 0 fully saturated rings. The molecule has 13 heavy (non-hydrogen) atoms. The van der Waals surface area contributed by atoms with Gasteiger partial charge in [-0.25, -0.2) is 0 Å². The molecule has 4 heteroatoms. The molecule has 1 amide bonds. The maximum Gasteiger partial charge on any atom is 0.261 e. The lowest BCUT2D eigenvalue weighted by Gasteiger charge is -1.87. The van der Waals surface area contributed by atoms with Crippen molar-refractivity contribution in [2.75, 3.05) is 4.72 Å². The Bertz CT molecular complexity index is 450. The Kier molecular flexibility index (Phi) is 1.98. The maximum absolute atomic E-state index is 10.8. The molecule has 0 bridgehead atoms. The molecule has 1 unspecified atom stereocenters. The van der Waals surface area contributed by atoms with Crippen molar-refractivity contribution in [3.63, 3.8) is 0 Å². The van der Waals surface area contributed by atoms with Crippen LogP contribution in [0.3, 0.4) is 0 Å². The molecule has 2 aromatic rings. The van der Waals surface area contributed by atoms with Crippen LogP contribution in [0.25, 0.3) is 10.2 Å². The summed E-state index contributed by atoms with van der Waals surface area (Å²) in [6, 6.07) is 7.83. The van der Waals surface area contributed by atoms with E-state index >= 15 is 0 Å². The minimum absolute atomic E-state index is 0.0218. The first-order valence-electron chi connectivity index (χ1n) is 3.91. The maximum atomic E-state index is 10.8. The molecule has 0 saturated carbocycles. The van der Waals surface area contributed by atoms with Gasteiger partial charge in [0.15, 0.2) is 0 Å². The Labute approximate surface area is 78.5 Å². The minimum atomic E-state index is -0.324. The number of thiazole rings is 1. The molecule has 0 aliphatic heterocycles. The molecule has 1 atom stereocenters. The van der Waals surface area contributed by atoms with Crippen LogP contribution in [0, 0.1) is 0 Å². The predicted molar refractivity (Wildman–Crippen MR) is 54.3 cm³/mol. The Morgan fingerprint density at radius 3 is 3.00 bits per heavy atom. The zero-order chi connectivity index (χ0) is 9.26. The van der Waals surface area contributed by atoms with Crippen molar-refractivity contribution in [2.24, 2.45) is 0 Å². The van der Waals surface area contributed by atoms with Gasteiger partial charge in [0.1, 0.15) is 16.2 Å². The molecule has 0 radical (unpaired) electrons. The normalized spacial score (nSPS) is 11.6. The summed E-state index contributed by atoms with van der Waals surface area (Å²) in [7, 11) is -0.324. The van der Waals surface area contributed by atoms with E-state index in [1.807, 2.05) is 24.3 Å². The summed E-state index contributed by atoms with van der Waals surface area (Å²) in [5.74, 6) is -0.0218. The molecule has 3 nitrogen and oxygen atoms in total. The van der Waals surface area contributed by atoms with Gasteiger partial charge < -0.3 is 0 Å². The molecule has 2 rings (SSSR count). The second-order valence-electron chi connectivity index (χ2n) is 2.70. The highest BCUT2D eigenvalue weighted by Gasteiger charge is 2.13. The quantitative estimate of drug-likeness (QED) is 0.704. The first-order valence-corrected chi connectivity index (χ1v) is 5.20. The van der Waals surface area contributed by atoms with E-state index in [9.17, 15) is 4.79 Å². The van der Waals surface area contributed by atoms with E-state index in [1.165, 1.54) is 6.92 Å². The third kappa shape index (κ3) is 1.53. The zero-order valence-electron chi connectivity index (χ0n) is 7.15. The van der Waals surface area contributed by atoms with Crippen molar-refractivity contribution in [1.82, 2.24) is 4.98 Å². The summed E-state index contributed by atoms with van der Waals surface area (Å²) in [6.07, 6.45) is 0. The Morgan fingerprint density at radius 2 is 2.23 bits per heavy atom. The van der Waals surface area contributed by atoms with Crippen LogP contribution in [-0.2, 0) is 4.79 Å². The van der Waals surface area contributed by atoms with Crippen LogP contribution < -0.4 is 4.72 Å². The zero-order valence-corrected chi connectivity index (χ0v) is 7.97. The van der Waals surface area contributed by atoms with Crippen LogP contribution in [0.1, 0.15) is 6.92 Å². The molecular formula is C9H9N2OS+. The Hall–Kier alpha value is -1.42. The number of rotatable bonds is 1. The second kappa shape index (κ2) is 3.14. The molecule has 1 aromatic carbocycles. The van der Waals surface area contributed by atoms with Crippen LogP contribution >= 0.6 is 10.7 Å². The van der Waals surface area contributed by atoms with Crippen molar-refractivity contribution in [2.45, 2.75) is 6.92 Å². The predicted octanol–water partition coefficient (Wildman–Crippen LogP) is 2.07. The van der Waals surface area contributed by atoms with Gasteiger partial charge in [-0.15, -0.1) is 4.72 Å². The number of hydrogen-bond donors (Lipinski definition) is 1. The second-order valence-corrected chi connectivity index (χ2v) is 4.23. The lowest BCUT2D eigenvalue weighted by Crippen LogP contribution is -2.02. The topological polar surface area (TPSA) is 42.0 Å². The lowest BCUT2D eigenvalue weighted by atomic mass is 10.3. The van der Waals surface area contributed by atoms with Gasteiger partial charge in [0.2, 0.25) is 4.70 Å². The van der Waals surface area contributed by atoms with Crippen molar-refractivity contribution in [3.8, 4) is 0 Å². The van der Waals surface area contributed by atoms with E-state index in [2.05, 4.69) is 9.71 Å². The van der Waals surface area contributed by atoms with Crippen LogP contribution in [0.15, 0.2) is 29.8 Å². The number of benzene rings is 1. The molecule has 0 aliphatic rings. The van der Waals surface area contributed by atoms with Gasteiger partial charge in [-0.3, -0.25) is 4.79 Å². The van der Waals surface area contributed by atoms with Gasteiger partial charge >= 0.3 is 0 Å². The number of amides is 1. The summed E-state index contributed by atoms with van der Waals surface area (Å²) in [5.41, 5.74) is 2.74. The van der Waals surface area contributed by atoms with Crippen molar-refractivity contribution in [1.29, 1.82) is 0 Å². The number of aromatic nitrogens is 1. The van der Waals surface area contributed by atoms with Gasteiger partial charge in [-0.2, -0.15) is 4.98 Å². The fourth-order valence-electron chi connectivity index (χ4n) is 1.15. The number of para-hydroxylation sites is 1. The number of fused-ring (bicyclic) bond motifs is 1. The molecule has 66 valence electrons. The highest BCUT2D eigenvalue weighted by atomic mass is 32.2. The molecule has 0 spiro atoms. The molecule has 1 aromatic heterocycles. The smallest absolute Gasteiger partial charge is 0.261 e. The SMILES string of the molecule is CC(=O)N[s+]1cnc2ccccc21. The third-order valence-corrected chi connectivity index (χ3v) is 3.30. The largest absolute Gasteiger partial charge is 0.271 e. The molecule has 1 N–H and O–H groups in total. The van der Waals surface area contributed by atoms with E-state index in [4.69, 9.17) is 0 Å². The van der Waals surface area contributed by atoms with E-state index in [0.717, 1.165) is 10.2 Å². The lowest BCUT2D eigenvalue weighted by molar-refractivity contribution is -0.113. The van der Waals surface area contributed by atoms with Gasteiger partial charge in [0.05, 0.1) is 0 Å². The van der Waals surface area contributed by atoms with Crippen LogP contribution in [-0.4, -0.2) is 10.9 Å². The van der Waals surface area contributed by atoms with E-state index < -0.39 is 0 Å². The van der Waals surface area contributed by atoms with Gasteiger partial charge in [0.25, 0.3) is 11.4 Å². The van der Waals surface area contributed by atoms with Crippen LogP contribution in [0.2, 0.25) is 0 Å². The Morgan fingerprint density at radius 1 is 1.46 bits per heavy atom. The fraction of sp³-hybridized carbons (Fsp3) is 0.111. The number of nitrogens with one attached hydrogen (secondary N) is 1. The summed E-state index contributed by atoms with van der Waals surface area (Å²) in [6.45, 7) is 1.52. The summed E-state index contributed by atoms with van der Waals surface area (Å²) in [5, 5.41) is 0. The van der Waals surface area contributed by atoms with E-state index in [1.54, 1.807) is 5.51 Å². The number of hydrogen-bond acceptors (Lipinski definition) is 2. The molecule has 1 heterocycles. The van der Waals surface area contributed by atoms with Gasteiger partial charge in [-0.1, -0.05) is 12.1 Å². The molecule has 0 aliphatic carbocycles. The number of carbonyl (C=O) groups is 1. The highest BCUT2D eigenvalue weighted by Crippen LogP contribution is 2.26. The first kappa shape index (κ1) is 8.19. The monoisotopic (exact) mass is 193 g/mol. The summed E-state index contributed by atoms with van der Waals surface area (Å²) in [4.78, 5) is 15.1. The fourth-order valence-corrected chi connectivity index (χ4v) is 2.53. The Balaban J connectivity index is 2.51. The first-order chi connectivity index (χ1) is 6.27. The van der Waals surface area contributed by atoms with Gasteiger partial charge in [0, 0.05) is 13.0 Å². The van der Waals surface area contributed by atoms with Crippen molar-refractivity contribution < 1.29 is 4.79 Å². The van der Waals surface area contributed by atoms with Crippen molar-refractivity contribution in [3.05, 3.63) is 29.8 Å². The summed E-state index contributed by atoms with van der Waals surface area (Å²) >= 11 is 0. The average molecular weight is 193 g/mol. The van der Waals surface area contributed by atoms with Crippen LogP contribution in [0.4, 0.5) is 0 Å². The van der Waals surface area contributed by atoms with Gasteiger partial charge in [-0.05, 0) is 6.07 Å². The van der Waals surface area contributed by atoms with E-state index in [-0.39, 0.29) is 16.6 Å². The highest BCUT2D eigenvalue weighted by molar-refractivity contribution is 7.38. The third-order valence-electron chi connectivity index (χ3n) is 1.65. The molecule has 0 saturated heterocycles. The number of nitrogens with zero attached hydrogens (tertiary/aromatic N) is 1. The minimum Gasteiger partial charge on any atom is -0.271 e. The molecular weight excluding hydrogens is 184 g/mol. The van der Waals surface area contributed by atoms with E-state index in [0.29, 0.717) is 0 Å². The standard InChI is InChI=1S/C9H8N2OS/c1-7(12)11-13-6-10-8-4-2-3-5-9(8)13/h2-6H,1H3/p+1. The van der Waals surface area contributed by atoms with Crippen LogP contribution in [0.5, 0.6) is 0 Å². The average Bonchev–Trinajstić information content (AvgIpc) is 2.48.